The fraction of sp³-hybridized carbons (Fsp3) is 0.400. The first-order valence-corrected chi connectivity index (χ1v) is 6.59. The lowest BCUT2D eigenvalue weighted by atomic mass is 9.97. The first kappa shape index (κ1) is 11.5. The third-order valence-corrected chi connectivity index (χ3v) is 3.59. The summed E-state index contributed by atoms with van der Waals surface area (Å²) in [5.41, 5.74) is 3.58. The van der Waals surface area contributed by atoms with E-state index in [1.165, 1.54) is 24.0 Å². The van der Waals surface area contributed by atoms with Gasteiger partial charge in [0.1, 0.15) is 0 Å². The Bertz CT molecular complexity index is 510. The van der Waals surface area contributed by atoms with Gasteiger partial charge in [-0.1, -0.05) is 41.4 Å². The molecule has 1 aromatic heterocycles. The van der Waals surface area contributed by atoms with Crippen LogP contribution in [-0.2, 0) is 0 Å². The molecule has 1 N–H and O–H groups in total. The zero-order valence-electron chi connectivity index (χ0n) is 10.6. The van der Waals surface area contributed by atoms with E-state index in [1.54, 1.807) is 0 Å². The van der Waals surface area contributed by atoms with E-state index < -0.39 is 0 Å². The Kier molecular flexibility index (Phi) is 3.15. The van der Waals surface area contributed by atoms with E-state index in [0.717, 1.165) is 24.3 Å². The van der Waals surface area contributed by atoms with Crippen LogP contribution in [0.3, 0.4) is 0 Å². The van der Waals surface area contributed by atoms with Crippen molar-refractivity contribution in [1.29, 1.82) is 0 Å². The Morgan fingerprint density at radius 2 is 2.06 bits per heavy atom. The molecule has 3 nitrogen and oxygen atoms in total. The molecule has 0 amide bonds. The minimum Gasteiger partial charge on any atom is -0.359 e. The van der Waals surface area contributed by atoms with Crippen LogP contribution in [0.1, 0.15) is 36.6 Å². The van der Waals surface area contributed by atoms with E-state index in [0.29, 0.717) is 6.04 Å². The normalized spacial score (nSPS) is 19.9. The van der Waals surface area contributed by atoms with Gasteiger partial charge in [-0.2, -0.15) is 0 Å². The predicted octanol–water partition coefficient (Wildman–Crippen LogP) is 3.46. The second-order valence-corrected chi connectivity index (χ2v) is 4.97. The van der Waals surface area contributed by atoms with Crippen LogP contribution in [0.5, 0.6) is 0 Å². The minimum atomic E-state index is 0.317. The third-order valence-electron chi connectivity index (χ3n) is 3.59. The quantitative estimate of drug-likeness (QED) is 0.876. The average molecular weight is 242 g/mol. The number of hydrogen-bond acceptors (Lipinski definition) is 3. The van der Waals surface area contributed by atoms with Crippen molar-refractivity contribution in [2.24, 2.45) is 0 Å². The van der Waals surface area contributed by atoms with Crippen LogP contribution in [-0.4, -0.2) is 11.7 Å². The van der Waals surface area contributed by atoms with E-state index in [-0.39, 0.29) is 0 Å². The van der Waals surface area contributed by atoms with E-state index in [4.69, 9.17) is 4.52 Å². The Balaban J connectivity index is 1.93. The second-order valence-electron chi connectivity index (χ2n) is 4.97. The Morgan fingerprint density at radius 3 is 2.78 bits per heavy atom. The summed E-state index contributed by atoms with van der Waals surface area (Å²) >= 11 is 0. The number of aryl methyl sites for hydroxylation is 1. The van der Waals surface area contributed by atoms with Crippen LogP contribution in [0.15, 0.2) is 35.0 Å². The van der Waals surface area contributed by atoms with E-state index >= 15 is 0 Å². The summed E-state index contributed by atoms with van der Waals surface area (Å²) in [5.74, 6) is 0.985. The molecule has 0 spiro atoms. The van der Waals surface area contributed by atoms with Crippen molar-refractivity contribution in [3.63, 3.8) is 0 Å². The van der Waals surface area contributed by atoms with Crippen LogP contribution < -0.4 is 5.32 Å². The molecule has 1 atom stereocenters. The highest BCUT2D eigenvalue weighted by molar-refractivity contribution is 5.65. The van der Waals surface area contributed by atoms with Gasteiger partial charge in [-0.05, 0) is 31.9 Å². The number of benzene rings is 1. The van der Waals surface area contributed by atoms with Gasteiger partial charge in [0, 0.05) is 5.56 Å². The van der Waals surface area contributed by atoms with Crippen molar-refractivity contribution in [2.45, 2.75) is 32.2 Å². The average Bonchev–Trinajstić information content (AvgIpc) is 2.90. The highest BCUT2D eigenvalue weighted by atomic mass is 16.5. The van der Waals surface area contributed by atoms with Crippen molar-refractivity contribution < 1.29 is 4.52 Å². The molecule has 1 aliphatic rings. The number of rotatable bonds is 2. The SMILES string of the molecule is Cc1ccc(-c2cnoc2C2CCCCN2)cc1. The molecular weight excluding hydrogens is 224 g/mol. The summed E-state index contributed by atoms with van der Waals surface area (Å²) in [6, 6.07) is 8.83. The lowest BCUT2D eigenvalue weighted by molar-refractivity contribution is 0.306. The Labute approximate surface area is 107 Å². The molecule has 2 aromatic rings. The highest BCUT2D eigenvalue weighted by Gasteiger charge is 2.22. The number of nitrogens with one attached hydrogen (secondary N) is 1. The summed E-state index contributed by atoms with van der Waals surface area (Å²) in [7, 11) is 0. The van der Waals surface area contributed by atoms with E-state index in [1.807, 2.05) is 6.20 Å². The molecule has 94 valence electrons. The van der Waals surface area contributed by atoms with Gasteiger partial charge in [0.15, 0.2) is 5.76 Å². The predicted molar refractivity (Wildman–Crippen MR) is 71.3 cm³/mol. The van der Waals surface area contributed by atoms with Crippen LogP contribution in [0.25, 0.3) is 11.1 Å². The lowest BCUT2D eigenvalue weighted by Gasteiger charge is -2.21. The Morgan fingerprint density at radius 1 is 1.22 bits per heavy atom. The van der Waals surface area contributed by atoms with E-state index in [2.05, 4.69) is 41.7 Å². The van der Waals surface area contributed by atoms with Crippen LogP contribution >= 0.6 is 0 Å². The monoisotopic (exact) mass is 242 g/mol. The van der Waals surface area contributed by atoms with Gasteiger partial charge in [-0.25, -0.2) is 0 Å². The molecule has 1 saturated heterocycles. The Hall–Kier alpha value is -1.61. The number of hydrogen-bond donors (Lipinski definition) is 1. The molecule has 3 rings (SSSR count). The smallest absolute Gasteiger partial charge is 0.161 e. The van der Waals surface area contributed by atoms with Crippen molar-refractivity contribution in [3.8, 4) is 11.1 Å². The maximum absolute atomic E-state index is 5.48. The first-order chi connectivity index (χ1) is 8.84. The van der Waals surface area contributed by atoms with Gasteiger partial charge >= 0.3 is 0 Å². The molecule has 0 radical (unpaired) electrons. The van der Waals surface area contributed by atoms with Crippen LogP contribution in [0.4, 0.5) is 0 Å². The number of piperidine rings is 1. The third kappa shape index (κ3) is 2.18. The van der Waals surface area contributed by atoms with Crippen molar-refractivity contribution in [3.05, 3.63) is 41.8 Å². The first-order valence-electron chi connectivity index (χ1n) is 6.59. The van der Waals surface area contributed by atoms with Gasteiger partial charge in [0.05, 0.1) is 12.2 Å². The number of aromatic nitrogens is 1. The molecule has 3 heteroatoms. The van der Waals surface area contributed by atoms with Gasteiger partial charge < -0.3 is 9.84 Å². The summed E-state index contributed by atoms with van der Waals surface area (Å²) in [5, 5.41) is 7.49. The van der Waals surface area contributed by atoms with Gasteiger partial charge in [-0.15, -0.1) is 0 Å². The molecule has 1 aliphatic heterocycles. The summed E-state index contributed by atoms with van der Waals surface area (Å²) < 4.78 is 5.48. The summed E-state index contributed by atoms with van der Waals surface area (Å²) in [4.78, 5) is 0. The van der Waals surface area contributed by atoms with Crippen molar-refractivity contribution in [1.82, 2.24) is 10.5 Å². The largest absolute Gasteiger partial charge is 0.359 e. The van der Waals surface area contributed by atoms with Crippen molar-refractivity contribution in [2.75, 3.05) is 6.54 Å². The summed E-state index contributed by atoms with van der Waals surface area (Å²) in [6.45, 7) is 3.17. The topological polar surface area (TPSA) is 38.1 Å². The van der Waals surface area contributed by atoms with Crippen molar-refractivity contribution >= 4 is 0 Å². The van der Waals surface area contributed by atoms with Crippen LogP contribution in [0.2, 0.25) is 0 Å². The van der Waals surface area contributed by atoms with E-state index in [9.17, 15) is 0 Å². The lowest BCUT2D eigenvalue weighted by Crippen LogP contribution is -2.26. The van der Waals surface area contributed by atoms with Gasteiger partial charge in [0.25, 0.3) is 0 Å². The molecule has 1 fully saturated rings. The molecular formula is C15H18N2O. The maximum Gasteiger partial charge on any atom is 0.161 e. The fourth-order valence-corrected chi connectivity index (χ4v) is 2.53. The maximum atomic E-state index is 5.48. The second kappa shape index (κ2) is 4.94. The molecule has 2 heterocycles. The molecule has 1 aromatic carbocycles. The highest BCUT2D eigenvalue weighted by Crippen LogP contribution is 2.32. The standard InChI is InChI=1S/C15H18N2O/c1-11-5-7-12(8-6-11)13-10-17-18-15(13)14-4-2-3-9-16-14/h5-8,10,14,16H,2-4,9H2,1H3. The fourth-order valence-electron chi connectivity index (χ4n) is 2.53. The zero-order chi connectivity index (χ0) is 12.4. The minimum absolute atomic E-state index is 0.317. The molecule has 0 bridgehead atoms. The van der Waals surface area contributed by atoms with Gasteiger partial charge in [-0.3, -0.25) is 0 Å². The molecule has 0 saturated carbocycles. The van der Waals surface area contributed by atoms with Crippen LogP contribution in [0, 0.1) is 6.92 Å². The molecule has 1 unspecified atom stereocenters. The number of nitrogens with zero attached hydrogens (tertiary/aromatic N) is 1. The summed E-state index contributed by atoms with van der Waals surface area (Å²) in [6.07, 6.45) is 5.47. The molecule has 18 heavy (non-hydrogen) atoms. The van der Waals surface area contributed by atoms with Gasteiger partial charge in [0.2, 0.25) is 0 Å². The molecule has 0 aliphatic carbocycles. The zero-order valence-corrected chi connectivity index (χ0v) is 10.6.